The minimum Gasteiger partial charge on any atom is -0.489 e. The normalized spacial score (nSPS) is 12.9. The Bertz CT molecular complexity index is 1250. The lowest BCUT2D eigenvalue weighted by Crippen LogP contribution is -2.79. The standard InChI is InChI=1S/C26H23N3O2/c30-26(29-22-11-10-18-7-4-12-28-25(18)14-22)19-6-3-8-23(13-19)31-17-21-16-27-15-20-5-1-2-9-24(20)21/h1-3,5-6,8-11,13-16,28H,4,7,12,17H2,(H,29,30)/p+2. The summed E-state index contributed by atoms with van der Waals surface area (Å²) in [5, 5.41) is 7.55. The highest BCUT2D eigenvalue weighted by atomic mass is 16.5. The van der Waals surface area contributed by atoms with Crippen LogP contribution in [0.25, 0.3) is 10.8 Å². The maximum Gasteiger partial charge on any atom is 0.255 e. The number of aromatic amines is 1. The van der Waals surface area contributed by atoms with Crippen molar-refractivity contribution in [3.05, 3.63) is 95.8 Å². The summed E-state index contributed by atoms with van der Waals surface area (Å²) < 4.78 is 6.01. The molecule has 0 saturated heterocycles. The first kappa shape index (κ1) is 19.3. The number of rotatable bonds is 5. The Morgan fingerprint density at radius 2 is 1.97 bits per heavy atom. The number of H-pyrrole nitrogens is 1. The van der Waals surface area contributed by atoms with Crippen LogP contribution in [0, 0.1) is 0 Å². The average Bonchev–Trinajstić information content (AvgIpc) is 2.83. The number of nitrogens with one attached hydrogen (secondary N) is 2. The van der Waals surface area contributed by atoms with E-state index in [1.807, 2.05) is 42.7 Å². The molecule has 0 saturated carbocycles. The Morgan fingerprint density at radius 3 is 2.94 bits per heavy atom. The number of benzene rings is 3. The number of pyridine rings is 1. The van der Waals surface area contributed by atoms with Crippen molar-refractivity contribution in [2.45, 2.75) is 19.4 Å². The number of quaternary nitrogens is 1. The monoisotopic (exact) mass is 411 g/mol. The fraction of sp³-hybridized carbons (Fsp3) is 0.154. The second kappa shape index (κ2) is 8.58. The van der Waals surface area contributed by atoms with Crippen molar-refractivity contribution < 1.29 is 19.8 Å². The zero-order chi connectivity index (χ0) is 21.0. The number of ether oxygens (including phenoxy) is 1. The lowest BCUT2D eigenvalue weighted by atomic mass is 10.0. The number of aryl methyl sites for hydroxylation is 1. The van der Waals surface area contributed by atoms with Gasteiger partial charge >= 0.3 is 0 Å². The van der Waals surface area contributed by atoms with Crippen LogP contribution in [0.1, 0.15) is 27.9 Å². The third-order valence-electron chi connectivity index (χ3n) is 5.71. The number of nitrogens with two attached hydrogens (primary N) is 1. The molecule has 1 aliphatic heterocycles. The first-order valence-electron chi connectivity index (χ1n) is 10.6. The van der Waals surface area contributed by atoms with Crippen LogP contribution >= 0.6 is 0 Å². The van der Waals surface area contributed by atoms with Crippen molar-refractivity contribution in [2.75, 3.05) is 11.9 Å². The summed E-state index contributed by atoms with van der Waals surface area (Å²) >= 11 is 0. The Kier molecular flexibility index (Phi) is 5.33. The molecule has 4 N–H and O–H groups in total. The molecule has 0 aliphatic carbocycles. The third kappa shape index (κ3) is 4.27. The molecule has 5 nitrogen and oxygen atoms in total. The van der Waals surface area contributed by atoms with E-state index in [1.165, 1.54) is 17.7 Å². The van der Waals surface area contributed by atoms with E-state index in [9.17, 15) is 4.79 Å². The smallest absolute Gasteiger partial charge is 0.255 e. The number of fused-ring (bicyclic) bond motifs is 2. The first-order valence-corrected chi connectivity index (χ1v) is 10.6. The van der Waals surface area contributed by atoms with Crippen LogP contribution in [0.5, 0.6) is 5.75 Å². The van der Waals surface area contributed by atoms with Gasteiger partial charge in [0.15, 0.2) is 12.4 Å². The number of amides is 1. The first-order chi connectivity index (χ1) is 15.3. The molecule has 0 bridgehead atoms. The topological polar surface area (TPSA) is 69.1 Å². The lowest BCUT2D eigenvalue weighted by molar-refractivity contribution is -0.575. The van der Waals surface area contributed by atoms with E-state index in [4.69, 9.17) is 4.74 Å². The summed E-state index contributed by atoms with van der Waals surface area (Å²) in [4.78, 5) is 16.0. The Hall–Kier alpha value is -3.70. The molecule has 0 fully saturated rings. The van der Waals surface area contributed by atoms with Crippen LogP contribution in [0.3, 0.4) is 0 Å². The van der Waals surface area contributed by atoms with E-state index in [0.29, 0.717) is 17.9 Å². The minimum atomic E-state index is -0.139. The van der Waals surface area contributed by atoms with Gasteiger partial charge < -0.3 is 15.4 Å². The maximum absolute atomic E-state index is 12.8. The van der Waals surface area contributed by atoms with Crippen LogP contribution in [0.15, 0.2) is 79.1 Å². The number of carbonyl (C=O) groups excluding carboxylic acids is 1. The molecule has 1 aromatic heterocycles. The van der Waals surface area contributed by atoms with Gasteiger partial charge in [-0.25, -0.2) is 4.98 Å². The molecule has 0 unspecified atom stereocenters. The van der Waals surface area contributed by atoms with E-state index in [2.05, 4.69) is 39.9 Å². The minimum absolute atomic E-state index is 0.139. The lowest BCUT2D eigenvalue weighted by Gasteiger charge is -2.15. The predicted octanol–water partition coefficient (Wildman–Crippen LogP) is 3.63. The van der Waals surface area contributed by atoms with Crippen molar-refractivity contribution in [3.8, 4) is 5.75 Å². The molecule has 3 aromatic carbocycles. The van der Waals surface area contributed by atoms with Gasteiger partial charge in [-0.1, -0.05) is 30.3 Å². The summed E-state index contributed by atoms with van der Waals surface area (Å²) in [5.41, 5.74) is 5.04. The van der Waals surface area contributed by atoms with Crippen molar-refractivity contribution in [1.82, 2.24) is 0 Å². The van der Waals surface area contributed by atoms with E-state index < -0.39 is 0 Å². The van der Waals surface area contributed by atoms with Gasteiger partial charge in [0, 0.05) is 40.1 Å². The molecule has 0 radical (unpaired) electrons. The zero-order valence-corrected chi connectivity index (χ0v) is 17.2. The summed E-state index contributed by atoms with van der Waals surface area (Å²) in [6.07, 6.45) is 6.23. The molecule has 154 valence electrons. The molecular formula is C26H25N3O2+2. The van der Waals surface area contributed by atoms with Crippen molar-refractivity contribution in [2.24, 2.45) is 0 Å². The van der Waals surface area contributed by atoms with Gasteiger partial charge in [0.2, 0.25) is 0 Å². The molecule has 5 rings (SSSR count). The number of hydrogen-bond donors (Lipinski definition) is 2. The molecule has 5 heteroatoms. The molecule has 4 aromatic rings. The summed E-state index contributed by atoms with van der Waals surface area (Å²) in [5.74, 6) is 0.527. The molecular weight excluding hydrogens is 386 g/mol. The second-order valence-electron chi connectivity index (χ2n) is 7.85. The highest BCUT2D eigenvalue weighted by Crippen LogP contribution is 2.23. The van der Waals surface area contributed by atoms with Gasteiger partial charge in [-0.05, 0) is 36.8 Å². The third-order valence-corrected chi connectivity index (χ3v) is 5.71. The average molecular weight is 412 g/mol. The summed E-state index contributed by atoms with van der Waals surface area (Å²) in [6.45, 7) is 1.52. The van der Waals surface area contributed by atoms with Crippen molar-refractivity contribution >= 4 is 28.1 Å². The Labute approximate surface area is 181 Å². The van der Waals surface area contributed by atoms with Crippen LogP contribution in [-0.2, 0) is 13.0 Å². The zero-order valence-electron chi connectivity index (χ0n) is 17.2. The number of aromatic nitrogens is 1. The Morgan fingerprint density at radius 1 is 1.03 bits per heavy atom. The van der Waals surface area contributed by atoms with Crippen LogP contribution in [-0.4, -0.2) is 12.5 Å². The van der Waals surface area contributed by atoms with Crippen LogP contribution in [0.4, 0.5) is 11.4 Å². The molecule has 31 heavy (non-hydrogen) atoms. The van der Waals surface area contributed by atoms with Crippen molar-refractivity contribution in [1.29, 1.82) is 0 Å². The van der Waals surface area contributed by atoms with E-state index in [0.717, 1.165) is 35.0 Å². The van der Waals surface area contributed by atoms with E-state index in [1.54, 1.807) is 12.1 Å². The largest absolute Gasteiger partial charge is 0.489 e. The molecule has 1 amide bonds. The summed E-state index contributed by atoms with van der Waals surface area (Å²) in [6, 6.07) is 21.7. The Balaban J connectivity index is 1.29. The molecule has 1 aliphatic rings. The number of carbonyl (C=O) groups is 1. The quantitative estimate of drug-likeness (QED) is 0.493. The highest BCUT2D eigenvalue weighted by Gasteiger charge is 2.15. The predicted molar refractivity (Wildman–Crippen MR) is 120 cm³/mol. The van der Waals surface area contributed by atoms with Crippen LogP contribution in [0.2, 0.25) is 0 Å². The van der Waals surface area contributed by atoms with Gasteiger partial charge in [0.05, 0.1) is 12.1 Å². The second-order valence-corrected chi connectivity index (χ2v) is 7.85. The van der Waals surface area contributed by atoms with Crippen molar-refractivity contribution in [3.63, 3.8) is 0 Å². The van der Waals surface area contributed by atoms with E-state index >= 15 is 0 Å². The van der Waals surface area contributed by atoms with Gasteiger partial charge in [-0.2, -0.15) is 0 Å². The summed E-state index contributed by atoms with van der Waals surface area (Å²) in [7, 11) is 0. The fourth-order valence-corrected chi connectivity index (χ4v) is 4.08. The van der Waals surface area contributed by atoms with Crippen LogP contribution < -0.4 is 20.4 Å². The number of anilines is 1. The SMILES string of the molecule is O=C(Nc1ccc2c(c1)[NH2+]CCC2)c1cccc(OCc2c[nH+]cc3ccccc23)c1. The van der Waals surface area contributed by atoms with Gasteiger partial charge in [0.25, 0.3) is 5.91 Å². The molecule has 0 atom stereocenters. The van der Waals surface area contributed by atoms with Gasteiger partial charge in [-0.3, -0.25) is 4.79 Å². The maximum atomic E-state index is 12.8. The molecule has 2 heterocycles. The fourth-order valence-electron chi connectivity index (χ4n) is 4.08. The van der Waals surface area contributed by atoms with Gasteiger partial charge in [0.1, 0.15) is 18.0 Å². The molecule has 0 spiro atoms. The van der Waals surface area contributed by atoms with Gasteiger partial charge in [-0.15, -0.1) is 0 Å². The van der Waals surface area contributed by atoms with E-state index in [-0.39, 0.29) is 5.91 Å². The number of hydrogen-bond acceptors (Lipinski definition) is 2. The highest BCUT2D eigenvalue weighted by molar-refractivity contribution is 6.04.